The predicted molar refractivity (Wildman–Crippen MR) is 75.4 cm³/mol. The molecule has 0 radical (unpaired) electrons. The Morgan fingerprint density at radius 1 is 1.32 bits per heavy atom. The van der Waals surface area contributed by atoms with Crippen LogP contribution in [0, 0.1) is 0 Å². The second-order valence-electron chi connectivity index (χ2n) is 4.11. The van der Waals surface area contributed by atoms with Gasteiger partial charge < -0.3 is 5.32 Å². The van der Waals surface area contributed by atoms with Gasteiger partial charge in [-0.1, -0.05) is 24.9 Å². The molecule has 1 amide bonds. The molecule has 2 aromatic heterocycles. The van der Waals surface area contributed by atoms with Crippen molar-refractivity contribution < 1.29 is 4.79 Å². The van der Waals surface area contributed by atoms with Gasteiger partial charge in [0.25, 0.3) is 5.91 Å². The van der Waals surface area contributed by atoms with Crippen LogP contribution in [0.2, 0.25) is 5.15 Å². The number of aryl methyl sites for hydroxylation is 1. The standard InChI is InChI=1S/C14H14ClN3O/c1-2-3-12-8-10(9-13(15)17-12)14(19)18-11-4-6-16-7-5-11/h4-9H,2-3H2,1H3,(H,16,18,19). The largest absolute Gasteiger partial charge is 0.322 e. The number of hydrogen-bond donors (Lipinski definition) is 1. The summed E-state index contributed by atoms with van der Waals surface area (Å²) in [5, 5.41) is 3.13. The first kappa shape index (κ1) is 13.5. The topological polar surface area (TPSA) is 54.9 Å². The van der Waals surface area contributed by atoms with E-state index in [9.17, 15) is 4.79 Å². The van der Waals surface area contributed by atoms with Crippen molar-refractivity contribution in [2.24, 2.45) is 0 Å². The Balaban J connectivity index is 2.19. The van der Waals surface area contributed by atoms with Gasteiger partial charge in [0, 0.05) is 29.3 Å². The number of anilines is 1. The van der Waals surface area contributed by atoms with E-state index >= 15 is 0 Å². The lowest BCUT2D eigenvalue weighted by molar-refractivity contribution is 0.102. The normalized spacial score (nSPS) is 10.2. The number of rotatable bonds is 4. The highest BCUT2D eigenvalue weighted by Crippen LogP contribution is 2.14. The second kappa shape index (κ2) is 6.29. The summed E-state index contributed by atoms with van der Waals surface area (Å²) in [6, 6.07) is 6.80. The van der Waals surface area contributed by atoms with Gasteiger partial charge in [0.1, 0.15) is 5.15 Å². The van der Waals surface area contributed by atoms with Gasteiger partial charge >= 0.3 is 0 Å². The predicted octanol–water partition coefficient (Wildman–Crippen LogP) is 3.33. The molecule has 19 heavy (non-hydrogen) atoms. The highest BCUT2D eigenvalue weighted by Gasteiger charge is 2.09. The van der Waals surface area contributed by atoms with E-state index < -0.39 is 0 Å². The van der Waals surface area contributed by atoms with E-state index in [2.05, 4.69) is 22.2 Å². The molecule has 5 heteroatoms. The summed E-state index contributed by atoms with van der Waals surface area (Å²) in [6.07, 6.45) is 5.00. The third-order valence-corrected chi connectivity index (χ3v) is 2.75. The first-order chi connectivity index (χ1) is 9.19. The van der Waals surface area contributed by atoms with Crippen LogP contribution in [0.3, 0.4) is 0 Å². The van der Waals surface area contributed by atoms with Gasteiger partial charge in [-0.3, -0.25) is 9.78 Å². The summed E-state index contributed by atoms with van der Waals surface area (Å²) in [5.41, 5.74) is 2.04. The number of amides is 1. The van der Waals surface area contributed by atoms with E-state index in [1.807, 2.05) is 0 Å². The van der Waals surface area contributed by atoms with E-state index in [-0.39, 0.29) is 5.91 Å². The van der Waals surface area contributed by atoms with Crippen LogP contribution in [0.4, 0.5) is 5.69 Å². The number of carbonyl (C=O) groups is 1. The number of pyridine rings is 2. The maximum atomic E-state index is 12.1. The molecule has 1 N–H and O–H groups in total. The van der Waals surface area contributed by atoms with Crippen molar-refractivity contribution in [2.45, 2.75) is 19.8 Å². The maximum absolute atomic E-state index is 12.1. The maximum Gasteiger partial charge on any atom is 0.255 e. The molecule has 98 valence electrons. The van der Waals surface area contributed by atoms with E-state index in [0.29, 0.717) is 16.4 Å². The third kappa shape index (κ3) is 3.76. The summed E-state index contributed by atoms with van der Waals surface area (Å²) in [7, 11) is 0. The van der Waals surface area contributed by atoms with Crippen molar-refractivity contribution in [3.63, 3.8) is 0 Å². The Labute approximate surface area is 116 Å². The summed E-state index contributed by atoms with van der Waals surface area (Å²) < 4.78 is 0. The molecule has 4 nitrogen and oxygen atoms in total. The van der Waals surface area contributed by atoms with Gasteiger partial charge in [-0.2, -0.15) is 0 Å². The molecule has 0 saturated carbocycles. The molecule has 2 heterocycles. The molecule has 2 rings (SSSR count). The summed E-state index contributed by atoms with van der Waals surface area (Å²) in [4.78, 5) is 20.2. The number of carbonyl (C=O) groups excluding carboxylic acids is 1. The lowest BCUT2D eigenvalue weighted by Crippen LogP contribution is -2.12. The highest BCUT2D eigenvalue weighted by atomic mass is 35.5. The fourth-order valence-electron chi connectivity index (χ4n) is 1.71. The molecule has 0 spiro atoms. The Kier molecular flexibility index (Phi) is 4.47. The summed E-state index contributed by atoms with van der Waals surface area (Å²) in [6.45, 7) is 2.05. The van der Waals surface area contributed by atoms with Crippen LogP contribution in [0.15, 0.2) is 36.7 Å². The Morgan fingerprint density at radius 2 is 2.05 bits per heavy atom. The molecular weight excluding hydrogens is 262 g/mol. The van der Waals surface area contributed by atoms with Crippen molar-refractivity contribution in [3.05, 3.63) is 53.1 Å². The molecule has 0 aliphatic heterocycles. The van der Waals surface area contributed by atoms with Crippen molar-refractivity contribution in [1.82, 2.24) is 9.97 Å². The van der Waals surface area contributed by atoms with E-state index in [1.165, 1.54) is 0 Å². The van der Waals surface area contributed by atoms with Gasteiger partial charge in [-0.05, 0) is 30.7 Å². The van der Waals surface area contributed by atoms with Gasteiger partial charge in [-0.15, -0.1) is 0 Å². The fourth-order valence-corrected chi connectivity index (χ4v) is 1.93. The van der Waals surface area contributed by atoms with E-state index in [1.54, 1.807) is 36.7 Å². The summed E-state index contributed by atoms with van der Waals surface area (Å²) in [5.74, 6) is -0.201. The zero-order chi connectivity index (χ0) is 13.7. The number of nitrogens with zero attached hydrogens (tertiary/aromatic N) is 2. The average Bonchev–Trinajstić information content (AvgIpc) is 2.39. The van der Waals surface area contributed by atoms with E-state index in [0.717, 1.165) is 18.5 Å². The minimum Gasteiger partial charge on any atom is -0.322 e. The number of hydrogen-bond acceptors (Lipinski definition) is 3. The van der Waals surface area contributed by atoms with Crippen LogP contribution < -0.4 is 5.32 Å². The molecule has 2 aromatic rings. The van der Waals surface area contributed by atoms with Crippen molar-refractivity contribution >= 4 is 23.2 Å². The first-order valence-electron chi connectivity index (χ1n) is 6.07. The molecule has 0 atom stereocenters. The highest BCUT2D eigenvalue weighted by molar-refractivity contribution is 6.29. The monoisotopic (exact) mass is 275 g/mol. The van der Waals surface area contributed by atoms with Crippen molar-refractivity contribution in [2.75, 3.05) is 5.32 Å². The minimum atomic E-state index is -0.201. The van der Waals surface area contributed by atoms with Gasteiger partial charge in [0.05, 0.1) is 0 Å². The molecule has 0 unspecified atom stereocenters. The molecule has 0 aliphatic rings. The lowest BCUT2D eigenvalue weighted by atomic mass is 10.1. The van der Waals surface area contributed by atoms with Crippen LogP contribution in [0.1, 0.15) is 29.4 Å². The van der Waals surface area contributed by atoms with Crippen molar-refractivity contribution in [3.8, 4) is 0 Å². The molecule has 0 saturated heterocycles. The zero-order valence-corrected chi connectivity index (χ0v) is 11.3. The Hall–Kier alpha value is -1.94. The lowest BCUT2D eigenvalue weighted by Gasteiger charge is -2.07. The zero-order valence-electron chi connectivity index (χ0n) is 10.6. The van der Waals surface area contributed by atoms with Crippen molar-refractivity contribution in [1.29, 1.82) is 0 Å². The Bertz CT molecular complexity index is 572. The molecule has 0 bridgehead atoms. The molecule has 0 aromatic carbocycles. The van der Waals surface area contributed by atoms with Gasteiger partial charge in [0.2, 0.25) is 0 Å². The molecule has 0 fully saturated rings. The molecule has 0 aliphatic carbocycles. The minimum absolute atomic E-state index is 0.201. The van der Waals surface area contributed by atoms with Gasteiger partial charge in [0.15, 0.2) is 0 Å². The van der Waals surface area contributed by atoms with Crippen LogP contribution >= 0.6 is 11.6 Å². The van der Waals surface area contributed by atoms with Crippen LogP contribution in [-0.4, -0.2) is 15.9 Å². The Morgan fingerprint density at radius 3 is 2.74 bits per heavy atom. The average molecular weight is 276 g/mol. The third-order valence-electron chi connectivity index (χ3n) is 2.55. The van der Waals surface area contributed by atoms with Crippen LogP contribution in [0.5, 0.6) is 0 Å². The quantitative estimate of drug-likeness (QED) is 0.871. The van der Waals surface area contributed by atoms with E-state index in [4.69, 9.17) is 11.6 Å². The van der Waals surface area contributed by atoms with Crippen LogP contribution in [0.25, 0.3) is 0 Å². The number of aromatic nitrogens is 2. The van der Waals surface area contributed by atoms with Gasteiger partial charge in [-0.25, -0.2) is 4.98 Å². The molecular formula is C14H14ClN3O. The number of halogens is 1. The smallest absolute Gasteiger partial charge is 0.255 e. The first-order valence-corrected chi connectivity index (χ1v) is 6.44. The fraction of sp³-hybridized carbons (Fsp3) is 0.214. The van der Waals surface area contributed by atoms with Crippen LogP contribution in [-0.2, 0) is 6.42 Å². The number of nitrogens with one attached hydrogen (secondary N) is 1. The summed E-state index contributed by atoms with van der Waals surface area (Å²) >= 11 is 5.93. The second-order valence-corrected chi connectivity index (χ2v) is 4.50. The SMILES string of the molecule is CCCc1cc(C(=O)Nc2ccncc2)cc(Cl)n1.